The summed E-state index contributed by atoms with van der Waals surface area (Å²) >= 11 is 0. The number of hydrogen-bond acceptors (Lipinski definition) is 1. The van der Waals surface area contributed by atoms with Crippen LogP contribution in [0.2, 0.25) is 0 Å². The van der Waals surface area contributed by atoms with Crippen molar-refractivity contribution in [3.05, 3.63) is 30.7 Å². The molecule has 0 saturated heterocycles. The minimum Gasteiger partial charge on any atom is -0.342 e. The molecule has 0 unspecified atom stereocenters. The zero-order chi connectivity index (χ0) is 11.5. The maximum atomic E-state index is 4.09. The van der Waals surface area contributed by atoms with Crippen LogP contribution in [0.25, 0.3) is 10.9 Å². The lowest BCUT2D eigenvalue weighted by atomic mass is 10.1. The van der Waals surface area contributed by atoms with Gasteiger partial charge in [0.1, 0.15) is 0 Å². The molecular weight excluding hydrogens is 184 g/mol. The molecule has 0 radical (unpaired) electrons. The van der Waals surface area contributed by atoms with Crippen LogP contribution in [0.4, 0.5) is 0 Å². The van der Waals surface area contributed by atoms with Gasteiger partial charge in [0, 0.05) is 29.5 Å². The summed E-state index contributed by atoms with van der Waals surface area (Å²) in [5.74, 6) is 0. The van der Waals surface area contributed by atoms with E-state index in [4.69, 9.17) is 0 Å². The predicted molar refractivity (Wildman–Crippen MR) is 66.1 cm³/mol. The van der Waals surface area contributed by atoms with Crippen molar-refractivity contribution in [3.63, 3.8) is 0 Å². The number of aromatic nitrogens is 2. The first-order valence-electron chi connectivity index (χ1n) is 5.50. The molecule has 0 spiro atoms. The van der Waals surface area contributed by atoms with Crippen molar-refractivity contribution >= 4 is 10.9 Å². The van der Waals surface area contributed by atoms with Crippen LogP contribution in [0.3, 0.4) is 0 Å². The predicted octanol–water partition coefficient (Wildman–Crippen LogP) is 3.82. The zero-order valence-electron chi connectivity index (χ0n) is 10.3. The molecule has 0 amide bonds. The summed E-state index contributed by atoms with van der Waals surface area (Å²) < 4.78 is 2.27. The van der Waals surface area contributed by atoms with Crippen LogP contribution in [-0.2, 0) is 5.54 Å². The molecule has 0 aromatic carbocycles. The van der Waals surface area contributed by atoms with Gasteiger partial charge in [-0.1, -0.05) is 13.8 Å². The molecule has 2 heteroatoms. The molecule has 2 heterocycles. The van der Waals surface area contributed by atoms with Crippen molar-refractivity contribution in [2.45, 2.75) is 40.2 Å². The van der Waals surface area contributed by atoms with E-state index in [1.54, 1.807) is 0 Å². The normalized spacial score (nSPS) is 11.0. The third kappa shape index (κ3) is 2.38. The van der Waals surface area contributed by atoms with Crippen LogP contribution in [-0.4, -0.2) is 9.55 Å². The Hall–Kier alpha value is -1.31. The van der Waals surface area contributed by atoms with Gasteiger partial charge in [0.15, 0.2) is 0 Å². The molecule has 15 heavy (non-hydrogen) atoms. The third-order valence-corrected chi connectivity index (χ3v) is 2.21. The first kappa shape index (κ1) is 11.8. The highest BCUT2D eigenvalue weighted by atomic mass is 15.0. The average Bonchev–Trinajstić information content (AvgIpc) is 2.63. The first-order chi connectivity index (χ1) is 7.09. The lowest BCUT2D eigenvalue weighted by Crippen LogP contribution is -2.20. The summed E-state index contributed by atoms with van der Waals surface area (Å²) in [6, 6.07) is 4.16. The second-order valence-electron chi connectivity index (χ2n) is 4.29. The Balaban J connectivity index is 0.000000531. The van der Waals surface area contributed by atoms with Gasteiger partial charge >= 0.3 is 0 Å². The Morgan fingerprint density at radius 3 is 2.40 bits per heavy atom. The van der Waals surface area contributed by atoms with Gasteiger partial charge < -0.3 is 4.57 Å². The fourth-order valence-electron chi connectivity index (χ4n) is 1.57. The topological polar surface area (TPSA) is 17.8 Å². The molecule has 2 aromatic rings. The molecule has 0 N–H and O–H groups in total. The summed E-state index contributed by atoms with van der Waals surface area (Å²) in [6.45, 7) is 10.6. The standard InChI is InChI=1S/C11H14N2.C2H6/c1-11(2,3)13-7-5-9-8-12-6-4-10(9)13;1-2/h4-8H,1-3H3;1-2H3. The highest BCUT2D eigenvalue weighted by Crippen LogP contribution is 2.22. The van der Waals surface area contributed by atoms with E-state index in [9.17, 15) is 0 Å². The molecule has 2 nitrogen and oxygen atoms in total. The van der Waals surface area contributed by atoms with Gasteiger partial charge in [-0.2, -0.15) is 0 Å². The minimum atomic E-state index is 0.142. The van der Waals surface area contributed by atoms with E-state index in [1.807, 2.05) is 26.2 Å². The quantitative estimate of drug-likeness (QED) is 0.638. The van der Waals surface area contributed by atoms with E-state index in [0.717, 1.165) is 0 Å². The number of rotatable bonds is 0. The Morgan fingerprint density at radius 1 is 1.13 bits per heavy atom. The highest BCUT2D eigenvalue weighted by molar-refractivity contribution is 5.79. The van der Waals surface area contributed by atoms with Crippen molar-refractivity contribution in [1.29, 1.82) is 0 Å². The van der Waals surface area contributed by atoms with Crippen LogP contribution >= 0.6 is 0 Å². The lowest BCUT2D eigenvalue weighted by Gasteiger charge is -2.22. The summed E-state index contributed by atoms with van der Waals surface area (Å²) in [4.78, 5) is 4.09. The largest absolute Gasteiger partial charge is 0.342 e. The lowest BCUT2D eigenvalue weighted by molar-refractivity contribution is 0.411. The van der Waals surface area contributed by atoms with E-state index in [-0.39, 0.29) is 5.54 Å². The number of hydrogen-bond donors (Lipinski definition) is 0. The van der Waals surface area contributed by atoms with E-state index in [1.165, 1.54) is 10.9 Å². The maximum Gasteiger partial charge on any atom is 0.0516 e. The SMILES string of the molecule is CC.CC(C)(C)n1ccc2cnccc21. The van der Waals surface area contributed by atoms with Crippen molar-refractivity contribution in [1.82, 2.24) is 9.55 Å². The Kier molecular flexibility index (Phi) is 3.51. The van der Waals surface area contributed by atoms with E-state index < -0.39 is 0 Å². The summed E-state index contributed by atoms with van der Waals surface area (Å²) in [6.07, 6.45) is 5.86. The van der Waals surface area contributed by atoms with Crippen LogP contribution in [0.15, 0.2) is 30.7 Å². The van der Waals surface area contributed by atoms with Crippen LogP contribution in [0.1, 0.15) is 34.6 Å². The van der Waals surface area contributed by atoms with Gasteiger partial charge in [0.25, 0.3) is 0 Å². The summed E-state index contributed by atoms with van der Waals surface area (Å²) in [5, 5.41) is 1.21. The van der Waals surface area contributed by atoms with E-state index in [0.29, 0.717) is 0 Å². The smallest absolute Gasteiger partial charge is 0.0516 e. The van der Waals surface area contributed by atoms with Crippen molar-refractivity contribution in [2.24, 2.45) is 0 Å². The molecular formula is C13H20N2. The first-order valence-corrected chi connectivity index (χ1v) is 5.50. The van der Waals surface area contributed by atoms with Gasteiger partial charge in [0.2, 0.25) is 0 Å². The fourth-order valence-corrected chi connectivity index (χ4v) is 1.57. The van der Waals surface area contributed by atoms with E-state index in [2.05, 4.69) is 48.7 Å². The molecule has 0 aliphatic carbocycles. The van der Waals surface area contributed by atoms with Gasteiger partial charge in [-0.15, -0.1) is 0 Å². The molecule has 0 fully saturated rings. The van der Waals surface area contributed by atoms with Gasteiger partial charge in [-0.3, -0.25) is 4.98 Å². The van der Waals surface area contributed by atoms with Crippen molar-refractivity contribution in [3.8, 4) is 0 Å². The van der Waals surface area contributed by atoms with Crippen molar-refractivity contribution < 1.29 is 0 Å². The molecule has 0 atom stereocenters. The molecule has 2 rings (SSSR count). The molecule has 82 valence electrons. The number of nitrogens with zero attached hydrogens (tertiary/aromatic N) is 2. The Bertz CT molecular complexity index is 421. The maximum absolute atomic E-state index is 4.09. The van der Waals surface area contributed by atoms with Gasteiger partial charge in [0.05, 0.1) is 5.52 Å². The molecule has 0 aliphatic heterocycles. The highest BCUT2D eigenvalue weighted by Gasteiger charge is 2.14. The average molecular weight is 204 g/mol. The molecule has 0 bridgehead atoms. The van der Waals surface area contributed by atoms with E-state index >= 15 is 0 Å². The zero-order valence-corrected chi connectivity index (χ0v) is 10.3. The summed E-state index contributed by atoms with van der Waals surface area (Å²) in [5.41, 5.74) is 1.39. The van der Waals surface area contributed by atoms with Gasteiger partial charge in [-0.05, 0) is 32.9 Å². The summed E-state index contributed by atoms with van der Waals surface area (Å²) in [7, 11) is 0. The minimum absolute atomic E-state index is 0.142. The monoisotopic (exact) mass is 204 g/mol. The Labute approximate surface area is 91.9 Å². The third-order valence-electron chi connectivity index (χ3n) is 2.21. The number of pyridine rings is 1. The molecule has 0 saturated carbocycles. The fraction of sp³-hybridized carbons (Fsp3) is 0.462. The molecule has 2 aromatic heterocycles. The number of fused-ring (bicyclic) bond motifs is 1. The second kappa shape index (κ2) is 4.47. The van der Waals surface area contributed by atoms with Crippen LogP contribution in [0, 0.1) is 0 Å². The Morgan fingerprint density at radius 2 is 1.80 bits per heavy atom. The second-order valence-corrected chi connectivity index (χ2v) is 4.29. The van der Waals surface area contributed by atoms with Crippen LogP contribution < -0.4 is 0 Å². The van der Waals surface area contributed by atoms with Crippen molar-refractivity contribution in [2.75, 3.05) is 0 Å². The van der Waals surface area contributed by atoms with Crippen LogP contribution in [0.5, 0.6) is 0 Å². The van der Waals surface area contributed by atoms with Gasteiger partial charge in [-0.25, -0.2) is 0 Å². The molecule has 0 aliphatic rings.